The molecular formula is C21H33NO5. The zero-order chi connectivity index (χ0) is 20.6. The monoisotopic (exact) mass is 379 g/mol. The highest BCUT2D eigenvalue weighted by atomic mass is 16.6. The van der Waals surface area contributed by atoms with Crippen LogP contribution in [-0.4, -0.2) is 36.5 Å². The maximum atomic E-state index is 12.2. The summed E-state index contributed by atoms with van der Waals surface area (Å²) in [5.74, 6) is -0.361. The Morgan fingerprint density at radius 3 is 2.41 bits per heavy atom. The molecule has 1 N–H and O–H groups in total. The molecule has 0 radical (unpaired) electrons. The molecular weight excluding hydrogens is 346 g/mol. The van der Waals surface area contributed by atoms with E-state index in [1.807, 2.05) is 59.7 Å². The van der Waals surface area contributed by atoms with Gasteiger partial charge in [-0.25, -0.2) is 9.59 Å². The third-order valence-corrected chi connectivity index (χ3v) is 3.64. The standard InChI is InChI=1S/C21H33NO5/c1-8-25-19(23)18(26-14(2)3)12-16-10-9-15(4)17(11-16)13-22-20(24)27-21(5,6)7/h9-11,14,18H,8,12-13H2,1-7H3,(H,22,24). The molecule has 6 heteroatoms. The zero-order valence-electron chi connectivity index (χ0n) is 17.5. The van der Waals surface area contributed by atoms with Crippen LogP contribution in [0.2, 0.25) is 0 Å². The summed E-state index contributed by atoms with van der Waals surface area (Å²) in [5, 5.41) is 2.77. The second kappa shape index (κ2) is 10.3. The quantitative estimate of drug-likeness (QED) is 0.693. The summed E-state index contributed by atoms with van der Waals surface area (Å²) < 4.78 is 16.1. The SMILES string of the molecule is CCOC(=O)C(Cc1ccc(C)c(CNC(=O)OC(C)(C)C)c1)OC(C)C. The van der Waals surface area contributed by atoms with Crippen LogP contribution in [0.25, 0.3) is 0 Å². The predicted molar refractivity (Wildman–Crippen MR) is 105 cm³/mol. The number of carbonyl (C=O) groups excluding carboxylic acids is 2. The van der Waals surface area contributed by atoms with Crippen molar-refractivity contribution in [1.82, 2.24) is 5.32 Å². The molecule has 0 aliphatic heterocycles. The molecule has 0 spiro atoms. The van der Waals surface area contributed by atoms with E-state index in [2.05, 4.69) is 5.32 Å². The van der Waals surface area contributed by atoms with Crippen LogP contribution in [0, 0.1) is 6.92 Å². The van der Waals surface area contributed by atoms with Gasteiger partial charge in [0.2, 0.25) is 0 Å². The molecule has 0 saturated carbocycles. The molecule has 0 aromatic heterocycles. The molecule has 1 unspecified atom stereocenters. The Morgan fingerprint density at radius 1 is 1.19 bits per heavy atom. The van der Waals surface area contributed by atoms with Crippen LogP contribution < -0.4 is 5.32 Å². The lowest BCUT2D eigenvalue weighted by Gasteiger charge is -2.21. The lowest BCUT2D eigenvalue weighted by atomic mass is 10.0. The van der Waals surface area contributed by atoms with Gasteiger partial charge in [0, 0.05) is 13.0 Å². The number of hydrogen-bond donors (Lipinski definition) is 1. The first kappa shape index (κ1) is 23.0. The lowest BCUT2D eigenvalue weighted by Crippen LogP contribution is -2.32. The van der Waals surface area contributed by atoms with Crippen molar-refractivity contribution < 1.29 is 23.8 Å². The van der Waals surface area contributed by atoms with Gasteiger partial charge in [0.15, 0.2) is 6.10 Å². The highest BCUT2D eigenvalue weighted by molar-refractivity contribution is 5.75. The summed E-state index contributed by atoms with van der Waals surface area (Å²) in [6.07, 6.45) is -0.783. The number of nitrogens with one attached hydrogen (secondary N) is 1. The number of esters is 1. The highest BCUT2D eigenvalue weighted by Crippen LogP contribution is 2.16. The average Bonchev–Trinajstić information content (AvgIpc) is 2.52. The van der Waals surface area contributed by atoms with E-state index in [1.54, 1.807) is 6.92 Å². The number of ether oxygens (including phenoxy) is 3. The Morgan fingerprint density at radius 2 is 1.85 bits per heavy atom. The number of aryl methyl sites for hydroxylation is 1. The van der Waals surface area contributed by atoms with Crippen molar-refractivity contribution in [2.24, 2.45) is 0 Å². The summed E-state index contributed by atoms with van der Waals surface area (Å²) in [7, 11) is 0. The second-order valence-electron chi connectivity index (χ2n) is 7.75. The van der Waals surface area contributed by atoms with Gasteiger partial charge in [-0.2, -0.15) is 0 Å². The van der Waals surface area contributed by atoms with Gasteiger partial charge in [-0.15, -0.1) is 0 Å². The van der Waals surface area contributed by atoms with Crippen molar-refractivity contribution in [2.45, 2.75) is 79.2 Å². The summed E-state index contributed by atoms with van der Waals surface area (Å²) in [6.45, 7) is 13.7. The minimum Gasteiger partial charge on any atom is -0.464 e. The van der Waals surface area contributed by atoms with E-state index in [-0.39, 0.29) is 12.1 Å². The first-order valence-corrected chi connectivity index (χ1v) is 9.39. The van der Waals surface area contributed by atoms with Crippen LogP contribution in [0.5, 0.6) is 0 Å². The molecule has 0 aliphatic rings. The fourth-order valence-corrected chi connectivity index (χ4v) is 2.49. The van der Waals surface area contributed by atoms with Crippen molar-refractivity contribution in [2.75, 3.05) is 6.61 Å². The van der Waals surface area contributed by atoms with Crippen molar-refractivity contribution in [1.29, 1.82) is 0 Å². The third kappa shape index (κ3) is 8.91. The third-order valence-electron chi connectivity index (χ3n) is 3.64. The molecule has 1 atom stereocenters. The van der Waals surface area contributed by atoms with Crippen LogP contribution >= 0.6 is 0 Å². The Bertz CT molecular complexity index is 634. The molecule has 1 aromatic rings. The van der Waals surface area contributed by atoms with E-state index in [9.17, 15) is 9.59 Å². The van der Waals surface area contributed by atoms with Gasteiger partial charge in [-0.05, 0) is 65.2 Å². The smallest absolute Gasteiger partial charge is 0.407 e. The molecule has 0 aliphatic carbocycles. The van der Waals surface area contributed by atoms with Crippen LogP contribution in [-0.2, 0) is 32.0 Å². The van der Waals surface area contributed by atoms with Gasteiger partial charge in [-0.3, -0.25) is 0 Å². The predicted octanol–water partition coefficient (Wildman–Crippen LogP) is 3.92. The Hall–Kier alpha value is -2.08. The Labute approximate surface area is 162 Å². The van der Waals surface area contributed by atoms with E-state index in [0.717, 1.165) is 16.7 Å². The second-order valence-corrected chi connectivity index (χ2v) is 7.75. The van der Waals surface area contributed by atoms with E-state index in [0.29, 0.717) is 19.6 Å². The first-order valence-electron chi connectivity index (χ1n) is 9.39. The van der Waals surface area contributed by atoms with Crippen LogP contribution in [0.15, 0.2) is 18.2 Å². The van der Waals surface area contributed by atoms with Crippen LogP contribution in [0.3, 0.4) is 0 Å². The Balaban J connectivity index is 2.83. The maximum absolute atomic E-state index is 12.2. The fourth-order valence-electron chi connectivity index (χ4n) is 2.49. The molecule has 0 heterocycles. The summed E-state index contributed by atoms with van der Waals surface area (Å²) in [5.41, 5.74) is 2.42. The van der Waals surface area contributed by atoms with Crippen LogP contribution in [0.4, 0.5) is 4.79 Å². The number of hydrogen-bond acceptors (Lipinski definition) is 5. The number of benzene rings is 1. The van der Waals surface area contributed by atoms with Gasteiger partial charge >= 0.3 is 12.1 Å². The molecule has 1 amide bonds. The number of amides is 1. The molecule has 152 valence electrons. The van der Waals surface area contributed by atoms with Crippen molar-refractivity contribution in [3.05, 3.63) is 34.9 Å². The van der Waals surface area contributed by atoms with Crippen molar-refractivity contribution >= 4 is 12.1 Å². The molecule has 6 nitrogen and oxygen atoms in total. The summed E-state index contributed by atoms with van der Waals surface area (Å²) in [6, 6.07) is 5.91. The lowest BCUT2D eigenvalue weighted by molar-refractivity contribution is -0.159. The maximum Gasteiger partial charge on any atom is 0.407 e. The van der Waals surface area contributed by atoms with Gasteiger partial charge in [0.25, 0.3) is 0 Å². The zero-order valence-corrected chi connectivity index (χ0v) is 17.5. The average molecular weight is 379 g/mol. The normalized spacial score (nSPS) is 12.6. The highest BCUT2D eigenvalue weighted by Gasteiger charge is 2.23. The molecule has 1 aromatic carbocycles. The molecule has 0 fully saturated rings. The number of rotatable bonds is 8. The van der Waals surface area contributed by atoms with E-state index in [1.165, 1.54) is 0 Å². The van der Waals surface area contributed by atoms with Gasteiger partial charge in [0.05, 0.1) is 12.7 Å². The minimum atomic E-state index is -0.653. The van der Waals surface area contributed by atoms with E-state index >= 15 is 0 Å². The van der Waals surface area contributed by atoms with Crippen molar-refractivity contribution in [3.63, 3.8) is 0 Å². The molecule has 0 bridgehead atoms. The van der Waals surface area contributed by atoms with E-state index < -0.39 is 17.8 Å². The number of carbonyl (C=O) groups is 2. The molecule has 27 heavy (non-hydrogen) atoms. The first-order chi connectivity index (χ1) is 12.5. The number of alkyl carbamates (subject to hydrolysis) is 1. The summed E-state index contributed by atoms with van der Waals surface area (Å²) >= 11 is 0. The Kier molecular flexibility index (Phi) is 8.76. The van der Waals surface area contributed by atoms with Gasteiger partial charge < -0.3 is 19.5 Å². The molecule has 0 saturated heterocycles. The van der Waals surface area contributed by atoms with Crippen LogP contribution in [0.1, 0.15) is 58.2 Å². The van der Waals surface area contributed by atoms with Crippen molar-refractivity contribution in [3.8, 4) is 0 Å². The largest absolute Gasteiger partial charge is 0.464 e. The topological polar surface area (TPSA) is 73.9 Å². The van der Waals surface area contributed by atoms with Gasteiger partial charge in [-0.1, -0.05) is 18.2 Å². The summed E-state index contributed by atoms with van der Waals surface area (Å²) in [4.78, 5) is 24.0. The van der Waals surface area contributed by atoms with E-state index in [4.69, 9.17) is 14.2 Å². The molecule has 1 rings (SSSR count). The van der Waals surface area contributed by atoms with Gasteiger partial charge in [0.1, 0.15) is 5.60 Å². The minimum absolute atomic E-state index is 0.0850. The fraction of sp³-hybridized carbons (Fsp3) is 0.619.